The highest BCUT2D eigenvalue weighted by Crippen LogP contribution is 2.41. The minimum atomic E-state index is -0.175. The molecule has 2 heterocycles. The summed E-state index contributed by atoms with van der Waals surface area (Å²) in [5.74, 6) is 0.954. The molecule has 0 saturated carbocycles. The zero-order valence-electron chi connectivity index (χ0n) is 11.2. The zero-order valence-corrected chi connectivity index (χ0v) is 11.2. The van der Waals surface area contributed by atoms with Crippen molar-refractivity contribution in [1.82, 2.24) is 0 Å². The smallest absolute Gasteiger partial charge is 0.402 e. The molecular weight excluding hydrogens is 288 g/mol. The Kier molecular flexibility index (Phi) is 2.53. The maximum Gasteiger partial charge on any atom is 0.402 e. The predicted octanol–water partition coefficient (Wildman–Crippen LogP) is 3.23. The second kappa shape index (κ2) is 4.42. The molecule has 0 atom stereocenters. The average Bonchev–Trinajstić information content (AvgIpc) is 2.95. The van der Waals surface area contributed by atoms with Gasteiger partial charge in [0, 0.05) is 18.2 Å². The Hall–Kier alpha value is -3.15. The lowest BCUT2D eigenvalue weighted by molar-refractivity contribution is 0.174. The van der Waals surface area contributed by atoms with Gasteiger partial charge >= 0.3 is 11.3 Å². The van der Waals surface area contributed by atoms with Crippen LogP contribution >= 0.6 is 0 Å². The molecule has 0 aliphatic carbocycles. The van der Waals surface area contributed by atoms with Crippen LogP contribution in [0.5, 0.6) is 28.7 Å². The molecule has 0 fully saturated rings. The Labute approximate surface area is 124 Å². The zero-order chi connectivity index (χ0) is 15.3. The van der Waals surface area contributed by atoms with Gasteiger partial charge in [-0.1, -0.05) is 0 Å². The number of fused-ring (bicyclic) bond motifs is 2. The molecule has 0 amide bonds. The molecule has 6 nitrogen and oxygen atoms in total. The highest BCUT2D eigenvalue weighted by molar-refractivity contribution is 5.88. The van der Waals surface area contributed by atoms with Crippen molar-refractivity contribution in [2.24, 2.45) is 0 Å². The summed E-state index contributed by atoms with van der Waals surface area (Å²) in [5.41, 5.74) is 0.842. The Morgan fingerprint density at radius 2 is 1.68 bits per heavy atom. The Balaban J connectivity index is 1.93. The average molecular weight is 299 g/mol. The molecule has 0 unspecified atom stereocenters. The molecule has 3 aromatic rings. The van der Waals surface area contributed by atoms with Crippen LogP contribution in [0, 0.1) is 0 Å². The van der Waals surface area contributed by atoms with Gasteiger partial charge in [0.15, 0.2) is 11.5 Å². The molecule has 1 aromatic heterocycles. The van der Waals surface area contributed by atoms with Crippen molar-refractivity contribution in [3.8, 4) is 40.1 Å². The normalized spacial score (nSPS) is 12.7. The van der Waals surface area contributed by atoms with Gasteiger partial charge in [0.05, 0.1) is 11.6 Å². The van der Waals surface area contributed by atoms with Crippen molar-refractivity contribution >= 4 is 11.0 Å². The fourth-order valence-corrected chi connectivity index (χ4v) is 2.44. The second-order valence-corrected chi connectivity index (χ2v) is 4.91. The highest BCUT2D eigenvalue weighted by Gasteiger charge is 2.26. The van der Waals surface area contributed by atoms with Crippen LogP contribution in [0.1, 0.15) is 0 Å². The summed E-state index contributed by atoms with van der Waals surface area (Å²) in [6.45, 7) is 0.154. The van der Waals surface area contributed by atoms with Gasteiger partial charge in [-0.25, -0.2) is 4.42 Å². The molecule has 0 radical (unpaired) electrons. The van der Waals surface area contributed by atoms with E-state index in [1.165, 1.54) is 18.2 Å². The van der Waals surface area contributed by atoms with Crippen molar-refractivity contribution in [1.29, 1.82) is 0 Å². The molecule has 0 bridgehead atoms. The molecule has 2 aromatic carbocycles. The van der Waals surface area contributed by atoms with E-state index in [1.807, 2.05) is 0 Å². The fourth-order valence-electron chi connectivity index (χ4n) is 2.44. The lowest BCUT2D eigenvalue weighted by atomic mass is 10.1. The maximum atomic E-state index is 10.2. The minimum Gasteiger partial charge on any atom is -0.507 e. The number of ether oxygens (including phenoxy) is 2. The first-order chi connectivity index (χ1) is 10.6. The van der Waals surface area contributed by atoms with Crippen LogP contribution in [0.2, 0.25) is 0 Å². The Bertz CT molecular complexity index is 903. The van der Waals surface area contributed by atoms with Crippen molar-refractivity contribution < 1.29 is 29.2 Å². The van der Waals surface area contributed by atoms with Gasteiger partial charge in [0.2, 0.25) is 12.5 Å². The van der Waals surface area contributed by atoms with Crippen LogP contribution in [0.25, 0.3) is 22.3 Å². The maximum absolute atomic E-state index is 10.2. The van der Waals surface area contributed by atoms with Crippen LogP contribution in [0.3, 0.4) is 0 Å². The Morgan fingerprint density at radius 3 is 2.55 bits per heavy atom. The van der Waals surface area contributed by atoms with Crippen LogP contribution in [-0.4, -0.2) is 22.1 Å². The second-order valence-electron chi connectivity index (χ2n) is 4.91. The van der Waals surface area contributed by atoms with E-state index in [0.29, 0.717) is 22.4 Å². The highest BCUT2D eigenvalue weighted by atomic mass is 16.7. The van der Waals surface area contributed by atoms with E-state index < -0.39 is 0 Å². The fraction of sp³-hybridized carbons (Fsp3) is 0.0625. The molecule has 1 aliphatic heterocycles. The molecule has 1 aliphatic rings. The molecular formula is C16H11O6+. The molecule has 4 rings (SSSR count). The van der Waals surface area contributed by atoms with Crippen LogP contribution in [0.4, 0.5) is 0 Å². The molecule has 0 saturated heterocycles. The van der Waals surface area contributed by atoms with E-state index in [9.17, 15) is 15.3 Å². The predicted molar refractivity (Wildman–Crippen MR) is 77.2 cm³/mol. The van der Waals surface area contributed by atoms with Gasteiger partial charge < -0.3 is 24.8 Å². The van der Waals surface area contributed by atoms with E-state index in [4.69, 9.17) is 13.9 Å². The molecule has 3 N–H and O–H groups in total. The Morgan fingerprint density at radius 1 is 0.864 bits per heavy atom. The summed E-state index contributed by atoms with van der Waals surface area (Å²) in [7, 11) is 0. The minimum absolute atomic E-state index is 0.129. The third-order valence-corrected chi connectivity index (χ3v) is 3.47. The van der Waals surface area contributed by atoms with E-state index >= 15 is 0 Å². The van der Waals surface area contributed by atoms with E-state index in [1.54, 1.807) is 18.2 Å². The summed E-state index contributed by atoms with van der Waals surface area (Å²) in [4.78, 5) is 0. The lowest BCUT2D eigenvalue weighted by Gasteiger charge is -2.00. The van der Waals surface area contributed by atoms with Crippen molar-refractivity contribution in [2.75, 3.05) is 6.79 Å². The SMILES string of the molecule is Oc1cc(O)c2cc(O)c(-c3ccc4c(c3)OCO4)[o+]c2c1. The molecule has 110 valence electrons. The summed E-state index contributed by atoms with van der Waals surface area (Å²) in [6.07, 6.45) is 0. The van der Waals surface area contributed by atoms with Crippen LogP contribution in [-0.2, 0) is 0 Å². The number of phenols is 2. The molecule has 0 spiro atoms. The number of aromatic hydroxyl groups is 3. The lowest BCUT2D eigenvalue weighted by Crippen LogP contribution is -1.92. The van der Waals surface area contributed by atoms with Gasteiger partial charge in [0.1, 0.15) is 16.9 Å². The third-order valence-electron chi connectivity index (χ3n) is 3.47. The van der Waals surface area contributed by atoms with Gasteiger partial charge in [-0.15, -0.1) is 0 Å². The largest absolute Gasteiger partial charge is 0.507 e. The number of benzene rings is 2. The number of phenolic OH excluding ortho intramolecular Hbond substituents is 2. The van der Waals surface area contributed by atoms with Crippen LogP contribution < -0.4 is 9.47 Å². The summed E-state index contributed by atoms with van der Waals surface area (Å²) in [6, 6.07) is 9.06. The van der Waals surface area contributed by atoms with E-state index in [0.717, 1.165) is 0 Å². The summed E-state index contributed by atoms with van der Waals surface area (Å²) < 4.78 is 16.2. The first-order valence-corrected chi connectivity index (χ1v) is 6.53. The van der Waals surface area contributed by atoms with E-state index in [-0.39, 0.29) is 35.4 Å². The molecule has 6 heteroatoms. The van der Waals surface area contributed by atoms with Crippen LogP contribution in [0.15, 0.2) is 40.8 Å². The van der Waals surface area contributed by atoms with Crippen molar-refractivity contribution in [2.45, 2.75) is 0 Å². The van der Waals surface area contributed by atoms with Crippen molar-refractivity contribution in [3.05, 3.63) is 36.4 Å². The first kappa shape index (κ1) is 12.6. The number of hydrogen-bond acceptors (Lipinski definition) is 5. The third kappa shape index (κ3) is 1.85. The van der Waals surface area contributed by atoms with Gasteiger partial charge in [-0.2, -0.15) is 0 Å². The monoisotopic (exact) mass is 299 g/mol. The standard InChI is InChI=1S/C16H10O6/c17-9-4-11(18)10-6-12(19)16(22-14(10)5-9)8-1-2-13-15(3-8)21-7-20-13/h1-6H,7H2,(H2-,17,18,19)/p+1. The van der Waals surface area contributed by atoms with Crippen molar-refractivity contribution in [3.63, 3.8) is 0 Å². The number of hydrogen-bond donors (Lipinski definition) is 3. The quantitative estimate of drug-likeness (QED) is 0.598. The number of rotatable bonds is 1. The summed E-state index contributed by atoms with van der Waals surface area (Å²) >= 11 is 0. The van der Waals surface area contributed by atoms with Gasteiger partial charge in [-0.3, -0.25) is 0 Å². The summed E-state index contributed by atoms with van der Waals surface area (Å²) in [5, 5.41) is 29.8. The van der Waals surface area contributed by atoms with E-state index in [2.05, 4.69) is 0 Å². The molecule has 22 heavy (non-hydrogen) atoms. The van der Waals surface area contributed by atoms with Gasteiger partial charge in [0.25, 0.3) is 0 Å². The topological polar surface area (TPSA) is 90.5 Å². The van der Waals surface area contributed by atoms with Gasteiger partial charge in [-0.05, 0) is 12.1 Å². The first-order valence-electron chi connectivity index (χ1n) is 6.53.